The molecule has 7 heteroatoms. The molecule has 0 aliphatic heterocycles. The Morgan fingerprint density at radius 2 is 1.74 bits per heavy atom. The molecule has 120 valence electrons. The van der Waals surface area contributed by atoms with Crippen LogP contribution in [0, 0.1) is 0 Å². The minimum atomic E-state index is -3.62. The minimum absolute atomic E-state index is 0.231. The van der Waals surface area contributed by atoms with Crippen LogP contribution in [0.4, 0.5) is 5.69 Å². The molecule has 0 saturated carbocycles. The summed E-state index contributed by atoms with van der Waals surface area (Å²) in [5.41, 5.74) is 6.14. The Hall–Kier alpha value is -2.80. The number of rotatable bonds is 7. The molecule has 0 spiro atoms. The van der Waals surface area contributed by atoms with Gasteiger partial charge in [-0.15, -0.1) is 0 Å². The lowest BCUT2D eigenvalue weighted by Gasteiger charge is -2.07. The van der Waals surface area contributed by atoms with Crippen molar-refractivity contribution in [2.24, 2.45) is 5.73 Å². The molecule has 1 amide bonds. The maximum atomic E-state index is 12.0. The van der Waals surface area contributed by atoms with Crippen LogP contribution in [0.15, 0.2) is 60.0 Å². The zero-order valence-electron chi connectivity index (χ0n) is 12.2. The normalized spacial score (nSPS) is 11.3. The lowest BCUT2D eigenvalue weighted by Crippen LogP contribution is -2.20. The monoisotopic (exact) mass is 332 g/mol. The summed E-state index contributed by atoms with van der Waals surface area (Å²) in [5, 5.41) is 1.10. The number of hydrogen-bond donors (Lipinski definition) is 2. The third kappa shape index (κ3) is 5.84. The summed E-state index contributed by atoms with van der Waals surface area (Å²) < 4.78 is 31.5. The van der Waals surface area contributed by atoms with E-state index in [-0.39, 0.29) is 6.61 Å². The van der Waals surface area contributed by atoms with Crippen LogP contribution < -0.4 is 15.2 Å². The molecule has 0 radical (unpaired) electrons. The molecule has 23 heavy (non-hydrogen) atoms. The fraction of sp³-hybridized carbons (Fsp3) is 0.0625. The first kappa shape index (κ1) is 16.6. The third-order valence-corrected chi connectivity index (χ3v) is 3.75. The van der Waals surface area contributed by atoms with Crippen LogP contribution in [-0.2, 0) is 14.8 Å². The third-order valence-electron chi connectivity index (χ3n) is 2.73. The average Bonchev–Trinajstić information content (AvgIpc) is 2.53. The number of ether oxygens (including phenoxy) is 1. The zero-order valence-corrected chi connectivity index (χ0v) is 13.0. The smallest absolute Gasteiger partial charge is 0.255 e. The van der Waals surface area contributed by atoms with Gasteiger partial charge in [-0.1, -0.05) is 30.3 Å². The Balaban J connectivity index is 2.00. The Kier molecular flexibility index (Phi) is 5.37. The quantitative estimate of drug-likeness (QED) is 0.809. The van der Waals surface area contributed by atoms with Gasteiger partial charge in [0.1, 0.15) is 5.75 Å². The van der Waals surface area contributed by atoms with Gasteiger partial charge in [0.05, 0.1) is 5.41 Å². The van der Waals surface area contributed by atoms with E-state index in [1.807, 2.05) is 18.2 Å². The SMILES string of the molecule is NC(=O)COc1ccc(NS(=O)(=O)/C=C/c2ccccc2)cc1. The van der Waals surface area contributed by atoms with Gasteiger partial charge in [0, 0.05) is 5.69 Å². The van der Waals surface area contributed by atoms with E-state index < -0.39 is 15.9 Å². The molecular weight excluding hydrogens is 316 g/mol. The van der Waals surface area contributed by atoms with Crippen molar-refractivity contribution in [3.8, 4) is 5.75 Å². The Bertz CT molecular complexity index is 785. The fourth-order valence-electron chi connectivity index (χ4n) is 1.70. The van der Waals surface area contributed by atoms with Crippen molar-refractivity contribution in [1.29, 1.82) is 0 Å². The van der Waals surface area contributed by atoms with Gasteiger partial charge in [-0.25, -0.2) is 8.42 Å². The number of hydrogen-bond acceptors (Lipinski definition) is 4. The van der Waals surface area contributed by atoms with Gasteiger partial charge in [-0.2, -0.15) is 0 Å². The van der Waals surface area contributed by atoms with Gasteiger partial charge in [0.15, 0.2) is 6.61 Å². The number of benzene rings is 2. The highest BCUT2D eigenvalue weighted by molar-refractivity contribution is 7.95. The molecule has 0 saturated heterocycles. The second kappa shape index (κ2) is 7.46. The van der Waals surface area contributed by atoms with E-state index in [1.165, 1.54) is 18.2 Å². The van der Waals surface area contributed by atoms with Crippen molar-refractivity contribution in [3.05, 3.63) is 65.6 Å². The summed E-state index contributed by atoms with van der Waals surface area (Å²) in [6, 6.07) is 15.3. The Labute approximate surface area is 134 Å². The number of anilines is 1. The molecule has 0 unspecified atom stereocenters. The van der Waals surface area contributed by atoms with Gasteiger partial charge in [-0.05, 0) is 35.9 Å². The van der Waals surface area contributed by atoms with E-state index in [9.17, 15) is 13.2 Å². The first-order valence-electron chi connectivity index (χ1n) is 6.72. The standard InChI is InChI=1S/C16H16N2O4S/c17-16(19)12-22-15-8-6-14(7-9-15)18-23(20,21)11-10-13-4-2-1-3-5-13/h1-11,18H,12H2,(H2,17,19)/b11-10+. The summed E-state index contributed by atoms with van der Waals surface area (Å²) in [6.07, 6.45) is 1.51. The first-order chi connectivity index (χ1) is 10.9. The van der Waals surface area contributed by atoms with Crippen LogP contribution in [0.2, 0.25) is 0 Å². The first-order valence-corrected chi connectivity index (χ1v) is 8.26. The average molecular weight is 332 g/mol. The number of nitrogens with two attached hydrogens (primary N) is 1. The molecule has 0 aliphatic rings. The topological polar surface area (TPSA) is 98.5 Å². The zero-order chi connectivity index (χ0) is 16.7. The summed E-state index contributed by atoms with van der Waals surface area (Å²) in [7, 11) is -3.62. The number of sulfonamides is 1. The largest absolute Gasteiger partial charge is 0.484 e. The highest BCUT2D eigenvalue weighted by atomic mass is 32.2. The highest BCUT2D eigenvalue weighted by Crippen LogP contribution is 2.17. The molecule has 0 aliphatic carbocycles. The van der Waals surface area contributed by atoms with Crippen LogP contribution in [0.3, 0.4) is 0 Å². The van der Waals surface area contributed by atoms with Gasteiger partial charge in [0.25, 0.3) is 15.9 Å². The minimum Gasteiger partial charge on any atom is -0.484 e. The van der Waals surface area contributed by atoms with E-state index in [0.29, 0.717) is 11.4 Å². The molecule has 0 bridgehead atoms. The molecule has 3 N–H and O–H groups in total. The molecular formula is C16H16N2O4S. The van der Waals surface area contributed by atoms with Gasteiger partial charge in [0.2, 0.25) is 0 Å². The van der Waals surface area contributed by atoms with Gasteiger partial charge in [-0.3, -0.25) is 9.52 Å². The van der Waals surface area contributed by atoms with Crippen molar-refractivity contribution in [2.45, 2.75) is 0 Å². The molecule has 0 aromatic heterocycles. The van der Waals surface area contributed by atoms with Crippen LogP contribution in [0.5, 0.6) is 5.75 Å². The number of carbonyl (C=O) groups excluding carboxylic acids is 1. The second-order valence-corrected chi connectivity index (χ2v) is 6.21. The number of amides is 1. The molecule has 0 fully saturated rings. The van der Waals surface area contributed by atoms with Gasteiger partial charge >= 0.3 is 0 Å². The summed E-state index contributed by atoms with van der Waals surface area (Å²) in [4.78, 5) is 10.6. The number of primary amides is 1. The van der Waals surface area contributed by atoms with Gasteiger partial charge < -0.3 is 10.5 Å². The summed E-state index contributed by atoms with van der Waals surface area (Å²) >= 11 is 0. The number of nitrogens with one attached hydrogen (secondary N) is 1. The van der Waals surface area contributed by atoms with Crippen LogP contribution in [0.25, 0.3) is 6.08 Å². The van der Waals surface area contributed by atoms with E-state index in [4.69, 9.17) is 10.5 Å². The predicted octanol–water partition coefficient (Wildman–Crippen LogP) is 1.96. The maximum Gasteiger partial charge on any atom is 0.255 e. The van der Waals surface area contributed by atoms with Crippen molar-refractivity contribution in [1.82, 2.24) is 0 Å². The van der Waals surface area contributed by atoms with Crippen molar-refractivity contribution < 1.29 is 17.9 Å². The lowest BCUT2D eigenvalue weighted by molar-refractivity contribution is -0.119. The van der Waals surface area contributed by atoms with Crippen molar-refractivity contribution in [3.63, 3.8) is 0 Å². The van der Waals surface area contributed by atoms with Crippen LogP contribution >= 0.6 is 0 Å². The molecule has 0 heterocycles. The molecule has 6 nitrogen and oxygen atoms in total. The summed E-state index contributed by atoms with van der Waals surface area (Å²) in [5.74, 6) is -0.160. The summed E-state index contributed by atoms with van der Waals surface area (Å²) in [6.45, 7) is -0.231. The second-order valence-electron chi connectivity index (χ2n) is 4.64. The van der Waals surface area contributed by atoms with E-state index in [0.717, 1.165) is 11.0 Å². The van der Waals surface area contributed by atoms with Crippen molar-refractivity contribution >= 4 is 27.7 Å². The van der Waals surface area contributed by atoms with Crippen LogP contribution in [0.1, 0.15) is 5.56 Å². The van der Waals surface area contributed by atoms with E-state index in [1.54, 1.807) is 24.3 Å². The molecule has 0 atom stereocenters. The highest BCUT2D eigenvalue weighted by Gasteiger charge is 2.06. The van der Waals surface area contributed by atoms with Crippen molar-refractivity contribution in [2.75, 3.05) is 11.3 Å². The van der Waals surface area contributed by atoms with E-state index >= 15 is 0 Å². The Morgan fingerprint density at radius 1 is 1.09 bits per heavy atom. The fourth-order valence-corrected chi connectivity index (χ4v) is 2.57. The molecule has 2 aromatic rings. The maximum absolute atomic E-state index is 12.0. The van der Waals surface area contributed by atoms with Crippen LogP contribution in [-0.4, -0.2) is 20.9 Å². The molecule has 2 rings (SSSR count). The molecule has 2 aromatic carbocycles. The predicted molar refractivity (Wildman–Crippen MR) is 89.1 cm³/mol. The Morgan fingerprint density at radius 3 is 2.35 bits per heavy atom. The lowest BCUT2D eigenvalue weighted by atomic mass is 10.2. The number of carbonyl (C=O) groups is 1. The van der Waals surface area contributed by atoms with E-state index in [2.05, 4.69) is 4.72 Å².